The Labute approximate surface area is 164 Å². The molecule has 0 radical (unpaired) electrons. The molecule has 1 aliphatic rings. The largest absolute Gasteiger partial charge is 0.465 e. The van der Waals surface area contributed by atoms with Gasteiger partial charge in [-0.05, 0) is 24.8 Å². The van der Waals surface area contributed by atoms with Crippen molar-refractivity contribution in [3.63, 3.8) is 0 Å². The monoisotopic (exact) mass is 404 g/mol. The summed E-state index contributed by atoms with van der Waals surface area (Å²) in [4.78, 5) is 28.2. The minimum absolute atomic E-state index is 0.0850. The average Bonchev–Trinajstić information content (AvgIpc) is 3.10. The van der Waals surface area contributed by atoms with Crippen LogP contribution in [0.2, 0.25) is 5.02 Å². The van der Waals surface area contributed by atoms with Gasteiger partial charge < -0.3 is 20.3 Å². The van der Waals surface area contributed by atoms with Crippen molar-refractivity contribution < 1.29 is 14.3 Å². The number of nitrogens with zero attached hydrogens (tertiary/aromatic N) is 4. The summed E-state index contributed by atoms with van der Waals surface area (Å²) in [6.45, 7) is 1.39. The van der Waals surface area contributed by atoms with Gasteiger partial charge in [-0.1, -0.05) is 11.6 Å². The lowest BCUT2D eigenvalue weighted by Crippen LogP contribution is -2.41. The number of halogens is 2. The first-order chi connectivity index (χ1) is 13.5. The molecule has 146 valence electrons. The normalized spacial score (nSPS) is 17.1. The van der Waals surface area contributed by atoms with Gasteiger partial charge >= 0.3 is 6.09 Å². The smallest absolute Gasteiger partial charge is 0.407 e. The predicted molar refractivity (Wildman–Crippen MR) is 103 cm³/mol. The van der Waals surface area contributed by atoms with E-state index in [1.165, 1.54) is 11.1 Å². The van der Waals surface area contributed by atoms with Crippen molar-refractivity contribution in [1.29, 1.82) is 0 Å². The minimum atomic E-state index is -0.924. The second kappa shape index (κ2) is 7.59. The van der Waals surface area contributed by atoms with E-state index in [4.69, 9.17) is 16.7 Å². The van der Waals surface area contributed by atoms with Gasteiger partial charge in [-0.25, -0.2) is 24.1 Å². The summed E-state index contributed by atoms with van der Waals surface area (Å²) in [6, 6.07) is 1.75. The van der Waals surface area contributed by atoms with Gasteiger partial charge in [0, 0.05) is 43.0 Å². The number of hydrogen-bond acceptors (Lipinski definition) is 5. The number of carbonyl (C=O) groups is 1. The molecule has 0 unspecified atom stereocenters. The van der Waals surface area contributed by atoms with E-state index in [1.54, 1.807) is 12.3 Å². The Morgan fingerprint density at radius 1 is 1.43 bits per heavy atom. The second-order valence-corrected chi connectivity index (χ2v) is 7.20. The van der Waals surface area contributed by atoms with Gasteiger partial charge in [0.1, 0.15) is 5.65 Å². The molecule has 0 saturated carbocycles. The zero-order valence-corrected chi connectivity index (χ0v) is 15.6. The number of amides is 1. The molecule has 3 N–H and O–H groups in total. The lowest BCUT2D eigenvalue weighted by Gasteiger charge is -2.30. The van der Waals surface area contributed by atoms with Crippen molar-refractivity contribution in [2.24, 2.45) is 5.92 Å². The Balaban J connectivity index is 1.54. The minimum Gasteiger partial charge on any atom is -0.465 e. The van der Waals surface area contributed by atoms with Crippen molar-refractivity contribution >= 4 is 34.5 Å². The fraction of sp³-hybridized carbons (Fsp3) is 0.333. The van der Waals surface area contributed by atoms with Crippen LogP contribution in [-0.2, 0) is 0 Å². The maximum absolute atomic E-state index is 14.2. The topological polar surface area (TPSA) is 107 Å². The Kier molecular flexibility index (Phi) is 4.99. The van der Waals surface area contributed by atoms with E-state index in [0.29, 0.717) is 41.7 Å². The summed E-state index contributed by atoms with van der Waals surface area (Å²) in [5, 5.41) is 13.4. The molecule has 4 heterocycles. The molecule has 0 bridgehead atoms. The molecular formula is C18H18ClFN6O2. The van der Waals surface area contributed by atoms with Crippen LogP contribution < -0.4 is 5.32 Å². The molecule has 1 fully saturated rings. The third-order valence-electron chi connectivity index (χ3n) is 4.83. The van der Waals surface area contributed by atoms with Gasteiger partial charge in [-0.3, -0.25) is 0 Å². The van der Waals surface area contributed by atoms with Crippen LogP contribution in [0.3, 0.4) is 0 Å². The lowest BCUT2D eigenvalue weighted by atomic mass is 9.98. The van der Waals surface area contributed by atoms with E-state index in [0.717, 1.165) is 24.4 Å². The molecule has 1 aliphatic heterocycles. The summed E-state index contributed by atoms with van der Waals surface area (Å²) in [5.74, 6) is -0.0405. The maximum Gasteiger partial charge on any atom is 0.407 e. The highest BCUT2D eigenvalue weighted by atomic mass is 35.5. The fourth-order valence-electron chi connectivity index (χ4n) is 3.43. The molecule has 3 aromatic heterocycles. The molecule has 0 aromatic carbocycles. The molecule has 0 spiro atoms. The van der Waals surface area contributed by atoms with Gasteiger partial charge in [0.05, 0.1) is 11.2 Å². The van der Waals surface area contributed by atoms with E-state index in [2.05, 4.69) is 25.3 Å². The number of anilines is 1. The first-order valence-electron chi connectivity index (χ1n) is 8.88. The van der Waals surface area contributed by atoms with E-state index in [-0.39, 0.29) is 11.7 Å². The third-order valence-corrected chi connectivity index (χ3v) is 5.04. The molecule has 1 amide bonds. The number of aromatic nitrogens is 4. The zero-order valence-electron chi connectivity index (χ0n) is 14.8. The summed E-state index contributed by atoms with van der Waals surface area (Å²) in [7, 11) is 0. The molecule has 0 aliphatic carbocycles. The van der Waals surface area contributed by atoms with Gasteiger partial charge in [0.25, 0.3) is 0 Å². The van der Waals surface area contributed by atoms with Crippen LogP contribution in [0.15, 0.2) is 24.7 Å². The Morgan fingerprint density at radius 3 is 3.11 bits per heavy atom. The molecule has 28 heavy (non-hydrogen) atoms. The first kappa shape index (κ1) is 18.4. The number of piperidine rings is 1. The van der Waals surface area contributed by atoms with Crippen molar-refractivity contribution in [3.05, 3.63) is 35.5 Å². The number of H-pyrrole nitrogens is 1. The fourth-order valence-corrected chi connectivity index (χ4v) is 3.59. The maximum atomic E-state index is 14.2. The third kappa shape index (κ3) is 3.70. The van der Waals surface area contributed by atoms with Crippen LogP contribution in [0, 0.1) is 11.7 Å². The van der Waals surface area contributed by atoms with Crippen LogP contribution in [0.1, 0.15) is 12.8 Å². The molecule has 3 aromatic rings. The van der Waals surface area contributed by atoms with Crippen molar-refractivity contribution in [3.8, 4) is 11.4 Å². The van der Waals surface area contributed by atoms with Crippen LogP contribution in [-0.4, -0.2) is 55.7 Å². The highest BCUT2D eigenvalue weighted by Crippen LogP contribution is 2.28. The van der Waals surface area contributed by atoms with Crippen molar-refractivity contribution in [2.75, 3.05) is 25.0 Å². The summed E-state index contributed by atoms with van der Waals surface area (Å²) in [5.41, 5.74) is 1.31. The molecular weight excluding hydrogens is 387 g/mol. The van der Waals surface area contributed by atoms with Crippen molar-refractivity contribution in [1.82, 2.24) is 24.8 Å². The predicted octanol–water partition coefficient (Wildman–Crippen LogP) is 3.61. The Hall–Kier alpha value is -2.94. The van der Waals surface area contributed by atoms with Gasteiger partial charge in [-0.15, -0.1) is 0 Å². The zero-order chi connectivity index (χ0) is 19.7. The molecule has 10 heteroatoms. The number of pyridine rings is 1. The quantitative estimate of drug-likeness (QED) is 0.613. The number of nitrogens with one attached hydrogen (secondary N) is 2. The Morgan fingerprint density at radius 2 is 2.29 bits per heavy atom. The van der Waals surface area contributed by atoms with Crippen LogP contribution in [0.5, 0.6) is 0 Å². The number of hydrogen-bond donors (Lipinski definition) is 3. The SMILES string of the molecule is O=C(O)N1CCC[C@@H](CNc2nc(-c3c[nH]c4ncc(Cl)cc34)ncc2F)C1. The number of rotatable bonds is 4. The molecule has 1 atom stereocenters. The van der Waals surface area contributed by atoms with E-state index < -0.39 is 11.9 Å². The van der Waals surface area contributed by atoms with Crippen LogP contribution >= 0.6 is 11.6 Å². The lowest BCUT2D eigenvalue weighted by molar-refractivity contribution is 0.122. The number of aromatic amines is 1. The Bertz CT molecular complexity index is 1030. The number of likely N-dealkylation sites (tertiary alicyclic amines) is 1. The highest BCUT2D eigenvalue weighted by Gasteiger charge is 2.23. The highest BCUT2D eigenvalue weighted by molar-refractivity contribution is 6.31. The summed E-state index contributed by atoms with van der Waals surface area (Å²) >= 11 is 6.03. The van der Waals surface area contributed by atoms with Gasteiger partial charge in [0.2, 0.25) is 0 Å². The number of fused-ring (bicyclic) bond motifs is 1. The van der Waals surface area contributed by atoms with Gasteiger partial charge in [-0.2, -0.15) is 0 Å². The van der Waals surface area contributed by atoms with E-state index in [9.17, 15) is 9.18 Å². The van der Waals surface area contributed by atoms with E-state index >= 15 is 0 Å². The van der Waals surface area contributed by atoms with E-state index in [1.807, 2.05) is 0 Å². The summed E-state index contributed by atoms with van der Waals surface area (Å²) < 4.78 is 14.2. The second-order valence-electron chi connectivity index (χ2n) is 6.76. The van der Waals surface area contributed by atoms with Crippen molar-refractivity contribution in [2.45, 2.75) is 12.8 Å². The van der Waals surface area contributed by atoms with Crippen LogP contribution in [0.4, 0.5) is 15.0 Å². The van der Waals surface area contributed by atoms with Crippen LogP contribution in [0.25, 0.3) is 22.4 Å². The first-order valence-corrected chi connectivity index (χ1v) is 9.26. The number of carboxylic acid groups (broad SMARTS) is 1. The van der Waals surface area contributed by atoms with Gasteiger partial charge in [0.15, 0.2) is 17.5 Å². The summed E-state index contributed by atoms with van der Waals surface area (Å²) in [6.07, 6.45) is 5.10. The standard InChI is InChI=1S/C18H18ClFN6O2/c19-11-4-12-13(7-23-15(12)22-6-11)16-24-8-14(20)17(25-16)21-5-10-2-1-3-26(9-10)18(27)28/h4,6-8,10H,1-3,5,9H2,(H,22,23)(H,27,28)(H,21,24,25)/t10-/m0/s1. The molecule has 4 rings (SSSR count). The molecule has 1 saturated heterocycles. The average molecular weight is 405 g/mol. The molecule has 8 nitrogen and oxygen atoms in total.